The second-order valence-corrected chi connectivity index (χ2v) is 5.53. The van der Waals surface area contributed by atoms with Gasteiger partial charge in [0.25, 0.3) is 0 Å². The Balaban J connectivity index is 1.96. The van der Waals surface area contributed by atoms with Crippen LogP contribution in [-0.4, -0.2) is 37.8 Å². The third-order valence-electron chi connectivity index (χ3n) is 3.37. The quantitative estimate of drug-likeness (QED) is 0.220. The van der Waals surface area contributed by atoms with Gasteiger partial charge in [-0.25, -0.2) is 4.79 Å². The predicted molar refractivity (Wildman–Crippen MR) is 99.5 cm³/mol. The molecule has 7 heteroatoms. The Hall–Kier alpha value is -3.19. The van der Waals surface area contributed by atoms with Crippen molar-refractivity contribution in [2.45, 2.75) is 13.8 Å². The zero-order valence-corrected chi connectivity index (χ0v) is 15.4. The Kier molecular flexibility index (Phi) is 7.51. The van der Waals surface area contributed by atoms with Crippen LogP contribution in [0.3, 0.4) is 0 Å². The van der Waals surface area contributed by atoms with Crippen molar-refractivity contribution in [3.8, 4) is 17.2 Å². The summed E-state index contributed by atoms with van der Waals surface area (Å²) in [5, 5.41) is 3.49. The van der Waals surface area contributed by atoms with Crippen LogP contribution in [0.4, 0.5) is 0 Å². The fraction of sp³-hybridized carbons (Fsp3) is 0.250. The van der Waals surface area contributed by atoms with E-state index < -0.39 is 5.97 Å². The van der Waals surface area contributed by atoms with Gasteiger partial charge in [0.1, 0.15) is 29.6 Å². The van der Waals surface area contributed by atoms with Crippen LogP contribution in [0.5, 0.6) is 17.2 Å². The summed E-state index contributed by atoms with van der Waals surface area (Å²) in [6.07, 6.45) is 0. The van der Waals surface area contributed by atoms with Gasteiger partial charge < -0.3 is 19.0 Å². The number of Topliss-reactive ketones (excluding diaryl/α,β-unsaturated/α-hetero) is 1. The molecule has 142 valence electrons. The van der Waals surface area contributed by atoms with Crippen LogP contribution in [-0.2, 0) is 14.4 Å². The minimum Gasteiger partial charge on any atom is -0.491 e. The Labute approximate surface area is 157 Å². The van der Waals surface area contributed by atoms with E-state index >= 15 is 0 Å². The molecule has 0 aliphatic rings. The molecule has 0 aliphatic heterocycles. The first-order chi connectivity index (χ1) is 13.0. The molecule has 0 N–H and O–H groups in total. The molecule has 0 spiro atoms. The molecule has 2 aromatic carbocycles. The summed E-state index contributed by atoms with van der Waals surface area (Å²) < 4.78 is 16.2. The highest BCUT2D eigenvalue weighted by Crippen LogP contribution is 2.24. The Morgan fingerprint density at radius 3 is 1.96 bits per heavy atom. The Bertz CT molecular complexity index is 796. The maximum absolute atomic E-state index is 12.2. The average Bonchev–Trinajstić information content (AvgIpc) is 2.67. The topological polar surface area (TPSA) is 83.4 Å². The number of carbonyl (C=O) groups is 2. The van der Waals surface area contributed by atoms with Crippen LogP contribution < -0.4 is 9.47 Å². The SMILES string of the molecule is COCCOc1ccc(Oc2ccc(C(=O)C(C)=NOC(C)=O)cc2)cc1. The number of carbonyl (C=O) groups excluding carboxylic acids is 2. The molecule has 0 saturated heterocycles. The third kappa shape index (κ3) is 6.56. The van der Waals surface area contributed by atoms with Crippen molar-refractivity contribution < 1.29 is 28.6 Å². The lowest BCUT2D eigenvalue weighted by atomic mass is 10.1. The first-order valence-corrected chi connectivity index (χ1v) is 8.26. The zero-order chi connectivity index (χ0) is 19.6. The van der Waals surface area contributed by atoms with Crippen LogP contribution in [0.15, 0.2) is 53.7 Å². The van der Waals surface area contributed by atoms with Gasteiger partial charge in [-0.3, -0.25) is 4.79 Å². The number of nitrogens with zero attached hydrogens (tertiary/aromatic N) is 1. The van der Waals surface area contributed by atoms with E-state index in [1.807, 2.05) is 0 Å². The van der Waals surface area contributed by atoms with Crippen LogP contribution >= 0.6 is 0 Å². The van der Waals surface area contributed by atoms with Gasteiger partial charge in [-0.15, -0.1) is 0 Å². The number of hydrogen-bond acceptors (Lipinski definition) is 7. The molecule has 0 saturated carbocycles. The minimum absolute atomic E-state index is 0.0860. The highest BCUT2D eigenvalue weighted by atomic mass is 16.7. The van der Waals surface area contributed by atoms with Gasteiger partial charge in [-0.2, -0.15) is 0 Å². The first-order valence-electron chi connectivity index (χ1n) is 8.26. The molecule has 0 heterocycles. The number of ketones is 1. The fourth-order valence-electron chi connectivity index (χ4n) is 2.04. The number of methoxy groups -OCH3 is 1. The molecule has 0 radical (unpaired) electrons. The molecule has 2 rings (SSSR count). The van der Waals surface area contributed by atoms with Crippen LogP contribution in [0.2, 0.25) is 0 Å². The number of benzene rings is 2. The number of rotatable bonds is 9. The summed E-state index contributed by atoms with van der Waals surface area (Å²) in [6, 6.07) is 13.8. The predicted octanol–water partition coefficient (Wildman–Crippen LogP) is 3.63. The summed E-state index contributed by atoms with van der Waals surface area (Å²) in [6.45, 7) is 3.69. The summed E-state index contributed by atoms with van der Waals surface area (Å²) in [5.74, 6) is 1.03. The second-order valence-electron chi connectivity index (χ2n) is 5.53. The maximum atomic E-state index is 12.2. The van der Waals surface area contributed by atoms with E-state index in [-0.39, 0.29) is 11.5 Å². The van der Waals surface area contributed by atoms with Gasteiger partial charge in [0, 0.05) is 19.6 Å². The molecule has 0 unspecified atom stereocenters. The van der Waals surface area contributed by atoms with E-state index in [1.54, 1.807) is 55.6 Å². The molecule has 0 atom stereocenters. The molecule has 0 amide bonds. The van der Waals surface area contributed by atoms with Crippen LogP contribution in [0.25, 0.3) is 0 Å². The maximum Gasteiger partial charge on any atom is 0.331 e. The fourth-order valence-corrected chi connectivity index (χ4v) is 2.04. The van der Waals surface area contributed by atoms with Crippen molar-refractivity contribution in [1.29, 1.82) is 0 Å². The normalized spacial score (nSPS) is 11.0. The van der Waals surface area contributed by atoms with E-state index in [0.717, 1.165) is 5.75 Å². The van der Waals surface area contributed by atoms with Gasteiger partial charge in [-0.1, -0.05) is 5.16 Å². The standard InChI is InChI=1S/C20H21NO6/c1-14(21-27-15(2)22)20(23)16-4-6-18(7-5-16)26-19-10-8-17(9-11-19)25-13-12-24-3/h4-11H,12-13H2,1-3H3. The molecule has 0 fully saturated rings. The van der Waals surface area contributed by atoms with Crippen molar-refractivity contribution in [3.05, 3.63) is 54.1 Å². The second kappa shape index (κ2) is 10.1. The monoisotopic (exact) mass is 371 g/mol. The van der Waals surface area contributed by atoms with E-state index in [1.165, 1.54) is 13.8 Å². The Morgan fingerprint density at radius 1 is 0.852 bits per heavy atom. The lowest BCUT2D eigenvalue weighted by Gasteiger charge is -2.09. The smallest absolute Gasteiger partial charge is 0.331 e. The van der Waals surface area contributed by atoms with Crippen molar-refractivity contribution >= 4 is 17.5 Å². The van der Waals surface area contributed by atoms with Gasteiger partial charge >= 0.3 is 5.97 Å². The van der Waals surface area contributed by atoms with E-state index in [2.05, 4.69) is 9.99 Å². The molecular formula is C20H21NO6. The Morgan fingerprint density at radius 2 is 1.41 bits per heavy atom. The highest BCUT2D eigenvalue weighted by Gasteiger charge is 2.11. The molecule has 0 bridgehead atoms. The summed E-state index contributed by atoms with van der Waals surface area (Å²) in [5.41, 5.74) is 0.501. The zero-order valence-electron chi connectivity index (χ0n) is 15.4. The minimum atomic E-state index is -0.582. The molecule has 27 heavy (non-hydrogen) atoms. The van der Waals surface area contributed by atoms with Crippen LogP contribution in [0.1, 0.15) is 24.2 Å². The summed E-state index contributed by atoms with van der Waals surface area (Å²) in [4.78, 5) is 27.4. The van der Waals surface area contributed by atoms with E-state index in [4.69, 9.17) is 14.2 Å². The molecular weight excluding hydrogens is 350 g/mol. The highest BCUT2D eigenvalue weighted by molar-refractivity contribution is 6.45. The van der Waals surface area contributed by atoms with Crippen molar-refractivity contribution in [2.24, 2.45) is 5.16 Å². The molecule has 0 aromatic heterocycles. The van der Waals surface area contributed by atoms with E-state index in [9.17, 15) is 9.59 Å². The largest absolute Gasteiger partial charge is 0.491 e. The van der Waals surface area contributed by atoms with Crippen molar-refractivity contribution in [1.82, 2.24) is 0 Å². The molecule has 7 nitrogen and oxygen atoms in total. The van der Waals surface area contributed by atoms with Gasteiger partial charge in [0.05, 0.1) is 6.61 Å². The lowest BCUT2D eigenvalue weighted by Crippen LogP contribution is -2.11. The summed E-state index contributed by atoms with van der Waals surface area (Å²) >= 11 is 0. The number of oxime groups is 1. The number of ether oxygens (including phenoxy) is 3. The van der Waals surface area contributed by atoms with Crippen LogP contribution in [0, 0.1) is 0 Å². The van der Waals surface area contributed by atoms with Crippen molar-refractivity contribution in [3.63, 3.8) is 0 Å². The molecule has 2 aromatic rings. The van der Waals surface area contributed by atoms with Gasteiger partial charge in [-0.05, 0) is 55.5 Å². The van der Waals surface area contributed by atoms with Gasteiger partial charge in [0.15, 0.2) is 0 Å². The summed E-state index contributed by atoms with van der Waals surface area (Å²) in [7, 11) is 1.62. The molecule has 0 aliphatic carbocycles. The van der Waals surface area contributed by atoms with Crippen molar-refractivity contribution in [2.75, 3.05) is 20.3 Å². The van der Waals surface area contributed by atoms with Gasteiger partial charge in [0.2, 0.25) is 5.78 Å². The van der Waals surface area contributed by atoms with E-state index in [0.29, 0.717) is 30.3 Å². The lowest BCUT2D eigenvalue weighted by molar-refractivity contribution is -0.140. The third-order valence-corrected chi connectivity index (χ3v) is 3.37. The average molecular weight is 371 g/mol. The number of hydrogen-bond donors (Lipinski definition) is 0. The first kappa shape index (κ1) is 20.1.